The zero-order valence-electron chi connectivity index (χ0n) is 57.3. The average molecular weight is 1480 g/mol. The molecule has 3 atom stereocenters. The number of nitro benzene ring substituents is 2. The number of nitro groups is 2. The number of nitrogens with one attached hydrogen (secondary N) is 9. The van der Waals surface area contributed by atoms with Gasteiger partial charge >= 0.3 is 36.1 Å². The molecule has 10 N–H and O–H groups in total. The first kappa shape index (κ1) is 82.3. The molecule has 3 aliphatic carbocycles. The van der Waals surface area contributed by atoms with E-state index in [9.17, 15) is 58.9 Å². The standard InChI is InChI=1S/C26H30Cl2N4O4S.C23H33N3O6S.C20H28N4O5S/c1-29-25(36)30-14-13-26(11-2-3-12-26)24(37)32-20(23(34)35)15-16-7-9-17(10-8-16)31-22(33)21-18(27)5-4-6-19(21)28;1-22(2,3)32-21(28)24-14-13-23(11-5-6-12-23)20(33)25-18(19(27)31-4)15-16-7-9-17(10-8-16)26(29)30;1-21-19(26)22-12-11-20(9-3-4-10-20)18(30)23-16(17(25)29-2)13-14-5-7-15(8-6-14)24(27)28/h4-10,20H,2-3,11-15H2,1H3,(H,31,33)(H,32,37)(H,34,35)(H2,29,30,36);7-10,18H,5-6,11-15H2,1-4H3,(H,24,28)(H,25,33);5-8,16H,3-4,9-13H2,1-2H3,(H,23,30)(H2,21,22,26). The van der Waals surface area contributed by atoms with Crippen LogP contribution in [0.3, 0.4) is 0 Å². The molecule has 6 amide bonds. The van der Waals surface area contributed by atoms with Crippen LogP contribution >= 0.6 is 59.9 Å². The number of carbonyl (C=O) groups is 7. The molecular formula is C69H91Cl2N11O15S3. The summed E-state index contributed by atoms with van der Waals surface area (Å²) in [6.45, 7) is 6.76. The van der Waals surface area contributed by atoms with Crippen molar-refractivity contribution in [3.8, 4) is 0 Å². The number of carboxylic acids is 1. The minimum absolute atomic E-state index is 0.00891. The van der Waals surface area contributed by atoms with Gasteiger partial charge in [0.05, 0.1) is 54.6 Å². The smallest absolute Gasteiger partial charge is 0.407 e. The summed E-state index contributed by atoms with van der Waals surface area (Å²) in [7, 11) is 5.74. The number of esters is 2. The van der Waals surface area contributed by atoms with Crippen LogP contribution in [0.4, 0.5) is 31.4 Å². The molecule has 0 aliphatic heterocycles. The Balaban J connectivity index is 0.000000272. The summed E-state index contributed by atoms with van der Waals surface area (Å²) in [6, 6.07) is 21.0. The van der Waals surface area contributed by atoms with E-state index in [1.165, 1.54) is 38.5 Å². The number of non-ortho nitro benzene ring substituents is 2. The van der Waals surface area contributed by atoms with Gasteiger partial charge in [-0.2, -0.15) is 0 Å². The zero-order chi connectivity index (χ0) is 73.8. The number of hydrogen-bond acceptors (Lipinski definition) is 17. The first-order valence-electron chi connectivity index (χ1n) is 32.9. The van der Waals surface area contributed by atoms with Gasteiger partial charge < -0.3 is 67.2 Å². The second-order valence-corrected chi connectivity index (χ2v) is 27.9. The van der Waals surface area contributed by atoms with Crippen LogP contribution < -0.4 is 47.9 Å². The van der Waals surface area contributed by atoms with E-state index >= 15 is 0 Å². The van der Waals surface area contributed by atoms with Crippen LogP contribution in [-0.4, -0.2) is 144 Å². The van der Waals surface area contributed by atoms with Gasteiger partial charge in [-0.05, 0) is 120 Å². The van der Waals surface area contributed by atoms with E-state index in [0.29, 0.717) is 59.5 Å². The van der Waals surface area contributed by atoms with Crippen LogP contribution in [0.15, 0.2) is 91.0 Å². The van der Waals surface area contributed by atoms with Gasteiger partial charge in [-0.1, -0.05) is 141 Å². The Morgan fingerprint density at radius 2 is 0.870 bits per heavy atom. The van der Waals surface area contributed by atoms with Crippen LogP contribution in [0.2, 0.25) is 10.0 Å². The lowest BCUT2D eigenvalue weighted by molar-refractivity contribution is -0.385. The van der Waals surface area contributed by atoms with E-state index in [4.69, 9.17) is 74.1 Å². The lowest BCUT2D eigenvalue weighted by Crippen LogP contribution is -2.49. The van der Waals surface area contributed by atoms with Gasteiger partial charge in [-0.25, -0.2) is 28.8 Å². The van der Waals surface area contributed by atoms with Crippen molar-refractivity contribution >= 4 is 134 Å². The molecule has 3 fully saturated rings. The highest BCUT2D eigenvalue weighted by molar-refractivity contribution is 7.80. The largest absolute Gasteiger partial charge is 0.480 e. The fraction of sp³-hybridized carbons (Fsp3) is 0.507. The monoisotopic (exact) mass is 1480 g/mol. The Hall–Kier alpha value is -8.38. The molecule has 0 saturated heterocycles. The maximum absolute atomic E-state index is 12.6. The fourth-order valence-electron chi connectivity index (χ4n) is 12.3. The molecule has 7 rings (SSSR count). The van der Waals surface area contributed by atoms with Gasteiger partial charge in [0.15, 0.2) is 0 Å². The number of benzene rings is 4. The van der Waals surface area contributed by atoms with Crippen molar-refractivity contribution < 1.29 is 62.7 Å². The third-order valence-electron chi connectivity index (χ3n) is 17.8. The summed E-state index contributed by atoms with van der Waals surface area (Å²) in [5.74, 6) is -2.36. The average Bonchev–Trinajstić information content (AvgIpc) is 1.49. The third-order valence-corrected chi connectivity index (χ3v) is 20.1. The van der Waals surface area contributed by atoms with Crippen molar-refractivity contribution in [1.29, 1.82) is 0 Å². The van der Waals surface area contributed by atoms with Crippen LogP contribution in [0.1, 0.15) is 144 Å². The fourth-order valence-corrected chi connectivity index (χ4v) is 14.2. The molecule has 3 saturated carbocycles. The predicted octanol–water partition coefficient (Wildman–Crippen LogP) is 11.6. The molecule has 0 bridgehead atoms. The van der Waals surface area contributed by atoms with Gasteiger partial charge in [0.2, 0.25) is 0 Å². The highest BCUT2D eigenvalue weighted by Gasteiger charge is 2.42. The Morgan fingerprint density at radius 1 is 0.540 bits per heavy atom. The highest BCUT2D eigenvalue weighted by Crippen LogP contribution is 2.44. The molecule has 31 heteroatoms. The van der Waals surface area contributed by atoms with Crippen LogP contribution in [-0.2, 0) is 47.9 Å². The number of carboxylic acid groups (broad SMARTS) is 1. The number of carbonyl (C=O) groups excluding carboxylic acids is 6. The molecule has 0 heterocycles. The Labute approximate surface area is 608 Å². The van der Waals surface area contributed by atoms with Gasteiger partial charge in [0, 0.05) is 99.2 Å². The topological polar surface area (TPSA) is 362 Å². The minimum Gasteiger partial charge on any atom is -0.480 e. The summed E-state index contributed by atoms with van der Waals surface area (Å²) in [4.78, 5) is 107. The zero-order valence-corrected chi connectivity index (χ0v) is 61.2. The van der Waals surface area contributed by atoms with Crippen molar-refractivity contribution in [1.82, 2.24) is 42.5 Å². The number of halogens is 2. The second kappa shape index (κ2) is 39.6. The van der Waals surface area contributed by atoms with Crippen molar-refractivity contribution in [2.24, 2.45) is 16.2 Å². The van der Waals surface area contributed by atoms with Crippen LogP contribution in [0, 0.1) is 36.5 Å². The lowest BCUT2D eigenvalue weighted by atomic mass is 9.82. The number of rotatable bonds is 28. The molecule has 4 aromatic carbocycles. The summed E-state index contributed by atoms with van der Waals surface area (Å²) < 4.78 is 15.2. The minimum atomic E-state index is -1.01. The molecular weight excluding hydrogens is 1390 g/mol. The summed E-state index contributed by atoms with van der Waals surface area (Å²) in [6.07, 6.45) is 13.6. The van der Waals surface area contributed by atoms with E-state index < -0.39 is 63.5 Å². The third kappa shape index (κ3) is 25.4. The van der Waals surface area contributed by atoms with E-state index in [-0.39, 0.29) is 74.6 Å². The maximum Gasteiger partial charge on any atom is 0.407 e. The van der Waals surface area contributed by atoms with Crippen molar-refractivity contribution in [3.63, 3.8) is 0 Å². The first-order valence-corrected chi connectivity index (χ1v) is 34.9. The van der Waals surface area contributed by atoms with Gasteiger partial charge in [-0.3, -0.25) is 25.0 Å². The number of hydrogen-bond donors (Lipinski definition) is 10. The van der Waals surface area contributed by atoms with Crippen molar-refractivity contribution in [3.05, 3.63) is 144 Å². The number of urea groups is 2. The molecule has 3 aliphatic rings. The maximum atomic E-state index is 12.6. The molecule has 26 nitrogen and oxygen atoms in total. The summed E-state index contributed by atoms with van der Waals surface area (Å²) >= 11 is 29.4. The van der Waals surface area contributed by atoms with E-state index in [1.807, 2.05) is 20.8 Å². The Morgan fingerprint density at radius 3 is 1.19 bits per heavy atom. The van der Waals surface area contributed by atoms with Crippen molar-refractivity contribution in [2.45, 2.75) is 160 Å². The molecule has 4 aromatic rings. The molecule has 100 heavy (non-hydrogen) atoms. The quantitative estimate of drug-likeness (QED) is 0.00830. The first-order chi connectivity index (χ1) is 47.4. The predicted molar refractivity (Wildman–Crippen MR) is 394 cm³/mol. The van der Waals surface area contributed by atoms with Gasteiger partial charge in [-0.15, -0.1) is 0 Å². The summed E-state index contributed by atoms with van der Waals surface area (Å²) in [5.41, 5.74) is 1.44. The number of anilines is 1. The normalized spacial score (nSPS) is 15.4. The molecule has 544 valence electrons. The highest BCUT2D eigenvalue weighted by atomic mass is 35.5. The van der Waals surface area contributed by atoms with Crippen LogP contribution in [0.5, 0.6) is 0 Å². The summed E-state index contributed by atoms with van der Waals surface area (Å²) in [5, 5.41) is 57.7. The number of aliphatic carboxylic acids is 1. The number of alkyl carbamates (subject to hydrolysis) is 1. The van der Waals surface area contributed by atoms with E-state index in [2.05, 4.69) is 47.9 Å². The number of amides is 6. The molecule has 0 spiro atoms. The molecule has 0 aromatic heterocycles. The van der Waals surface area contributed by atoms with E-state index in [1.54, 1.807) is 80.8 Å². The molecule has 0 radical (unpaired) electrons. The SMILES string of the molecule is CNC(=O)NCCC1(C(=S)NC(Cc2ccc(NC(=O)c3c(Cl)cccc3Cl)cc2)C(=O)O)CCCC1.CNC(=O)NCCC1(C(=S)NC(Cc2ccc([N+](=O)[O-])cc2)C(=O)OC)CCCC1.COC(=O)C(Cc1ccc([N+](=O)[O-])cc1)NC(=S)C1(CCNC(=O)OC(C)(C)C)CCCC1. The second-order valence-electron chi connectivity index (χ2n) is 25.8. The molecule has 3 unspecified atom stereocenters. The van der Waals surface area contributed by atoms with Crippen LogP contribution in [0.25, 0.3) is 0 Å². The Kier molecular flexibility index (Phi) is 32.6. The van der Waals surface area contributed by atoms with E-state index in [0.717, 1.165) is 93.7 Å². The van der Waals surface area contributed by atoms with Gasteiger partial charge in [0.1, 0.15) is 23.7 Å². The number of ether oxygens (including phenoxy) is 3. The Bertz CT molecular complexity index is 3490. The number of methoxy groups -OCH3 is 2. The van der Waals surface area contributed by atoms with Crippen molar-refractivity contribution in [2.75, 3.05) is 53.3 Å². The number of thiocarbonyl (C=S) groups is 3. The lowest BCUT2D eigenvalue weighted by Gasteiger charge is -2.33. The number of nitrogens with zero attached hydrogens (tertiary/aromatic N) is 2. The van der Waals surface area contributed by atoms with Gasteiger partial charge in [0.25, 0.3) is 17.3 Å².